The zero-order valence-electron chi connectivity index (χ0n) is 11.4. The number of hydrogen-bond donors (Lipinski definition) is 1. The number of furan rings is 1. The van der Waals surface area contributed by atoms with Crippen LogP contribution in [0.4, 0.5) is 11.4 Å². The molecule has 1 aromatic heterocycles. The highest BCUT2D eigenvalue weighted by Crippen LogP contribution is 2.29. The maximum absolute atomic E-state index is 12.0. The molecule has 1 N–H and O–H groups in total. The molecule has 2 rings (SSSR count). The summed E-state index contributed by atoms with van der Waals surface area (Å²) in [6.45, 7) is 1.34. The Hall–Kier alpha value is -3.23. The molecule has 0 unspecified atom stereocenters. The van der Waals surface area contributed by atoms with Gasteiger partial charge in [-0.15, -0.1) is 0 Å². The van der Waals surface area contributed by atoms with Crippen LogP contribution in [-0.2, 0) is 6.54 Å². The smallest absolute Gasteiger partial charge is 0.279 e. The maximum atomic E-state index is 12.0. The highest BCUT2D eigenvalue weighted by Gasteiger charge is 2.25. The van der Waals surface area contributed by atoms with Gasteiger partial charge < -0.3 is 9.73 Å². The SMILES string of the molecule is Cc1c([N+](=O)[O-])cc(C(=O)NCc2ccco2)cc1[N+](=O)[O-]. The van der Waals surface area contributed by atoms with Crippen molar-refractivity contribution in [1.29, 1.82) is 0 Å². The summed E-state index contributed by atoms with van der Waals surface area (Å²) in [5.41, 5.74) is -1.21. The molecule has 0 spiro atoms. The minimum atomic E-state index is -0.758. The predicted octanol–water partition coefficient (Wildman–Crippen LogP) is 2.33. The number of rotatable bonds is 5. The summed E-state index contributed by atoms with van der Waals surface area (Å²) < 4.78 is 5.03. The Morgan fingerprint density at radius 2 is 1.82 bits per heavy atom. The summed E-state index contributed by atoms with van der Waals surface area (Å²) >= 11 is 0. The van der Waals surface area contributed by atoms with E-state index in [1.165, 1.54) is 13.2 Å². The standard InChI is InChI=1S/C13H11N3O6/c1-8-11(15(18)19)5-9(6-12(8)16(20)21)13(17)14-7-10-3-2-4-22-10/h2-6H,7H2,1H3,(H,14,17). The fourth-order valence-corrected chi connectivity index (χ4v) is 1.88. The van der Waals surface area contributed by atoms with Crippen LogP contribution < -0.4 is 5.32 Å². The number of amides is 1. The quantitative estimate of drug-likeness (QED) is 0.666. The second-order valence-electron chi connectivity index (χ2n) is 4.42. The van der Waals surface area contributed by atoms with E-state index < -0.39 is 27.1 Å². The molecule has 22 heavy (non-hydrogen) atoms. The van der Waals surface area contributed by atoms with Crippen molar-refractivity contribution >= 4 is 17.3 Å². The number of hydrogen-bond acceptors (Lipinski definition) is 6. The van der Waals surface area contributed by atoms with Crippen LogP contribution in [0.25, 0.3) is 0 Å². The van der Waals surface area contributed by atoms with Gasteiger partial charge in [-0.2, -0.15) is 0 Å². The molecule has 0 radical (unpaired) electrons. The van der Waals surface area contributed by atoms with E-state index in [2.05, 4.69) is 5.32 Å². The van der Waals surface area contributed by atoms with Crippen molar-refractivity contribution < 1.29 is 19.1 Å². The van der Waals surface area contributed by atoms with Gasteiger partial charge >= 0.3 is 0 Å². The van der Waals surface area contributed by atoms with Gasteiger partial charge in [0.05, 0.1) is 28.2 Å². The minimum absolute atomic E-state index is 0.0707. The zero-order chi connectivity index (χ0) is 16.3. The first-order valence-electron chi connectivity index (χ1n) is 6.14. The molecule has 9 nitrogen and oxygen atoms in total. The molecular formula is C13H11N3O6. The summed E-state index contributed by atoms with van der Waals surface area (Å²) in [5.74, 6) is -0.174. The lowest BCUT2D eigenvalue weighted by atomic mass is 10.1. The van der Waals surface area contributed by atoms with E-state index in [0.29, 0.717) is 5.76 Å². The molecule has 0 aliphatic carbocycles. The first-order valence-corrected chi connectivity index (χ1v) is 6.14. The number of carbonyl (C=O) groups excluding carboxylic acids is 1. The molecule has 2 aromatic rings. The van der Waals surface area contributed by atoms with Crippen LogP contribution in [0.3, 0.4) is 0 Å². The number of benzene rings is 1. The Morgan fingerprint density at radius 1 is 1.23 bits per heavy atom. The molecule has 114 valence electrons. The fourth-order valence-electron chi connectivity index (χ4n) is 1.88. The van der Waals surface area contributed by atoms with Crippen molar-refractivity contribution in [2.24, 2.45) is 0 Å². The van der Waals surface area contributed by atoms with Gasteiger partial charge in [-0.3, -0.25) is 25.0 Å². The Morgan fingerprint density at radius 3 is 2.27 bits per heavy atom. The molecule has 0 saturated carbocycles. The van der Waals surface area contributed by atoms with Crippen molar-refractivity contribution in [2.75, 3.05) is 0 Å². The monoisotopic (exact) mass is 305 g/mol. The minimum Gasteiger partial charge on any atom is -0.467 e. The third-order valence-corrected chi connectivity index (χ3v) is 3.01. The third-order valence-electron chi connectivity index (χ3n) is 3.01. The average molecular weight is 305 g/mol. The number of carbonyl (C=O) groups is 1. The van der Waals surface area contributed by atoms with Gasteiger partial charge in [0.1, 0.15) is 11.3 Å². The highest BCUT2D eigenvalue weighted by molar-refractivity contribution is 5.95. The van der Waals surface area contributed by atoms with Gasteiger partial charge in [-0.1, -0.05) is 0 Å². The summed E-state index contributed by atoms with van der Waals surface area (Å²) in [6.07, 6.45) is 1.43. The van der Waals surface area contributed by atoms with Crippen molar-refractivity contribution in [1.82, 2.24) is 5.32 Å². The van der Waals surface area contributed by atoms with Gasteiger partial charge in [-0.25, -0.2) is 0 Å². The Kier molecular flexibility index (Phi) is 4.16. The predicted molar refractivity (Wildman–Crippen MR) is 74.4 cm³/mol. The van der Waals surface area contributed by atoms with E-state index in [0.717, 1.165) is 12.1 Å². The van der Waals surface area contributed by atoms with Crippen molar-refractivity contribution in [3.05, 3.63) is 67.6 Å². The maximum Gasteiger partial charge on any atom is 0.279 e. The number of nitrogens with zero attached hydrogens (tertiary/aromatic N) is 2. The second-order valence-corrected chi connectivity index (χ2v) is 4.42. The van der Waals surface area contributed by atoms with Crippen LogP contribution in [0.15, 0.2) is 34.9 Å². The number of nitro benzene ring substituents is 2. The summed E-state index contributed by atoms with van der Waals surface area (Å²) in [4.78, 5) is 32.4. The Bertz CT molecular complexity index is 703. The number of nitro groups is 2. The average Bonchev–Trinajstić information content (AvgIpc) is 2.97. The first-order chi connectivity index (χ1) is 10.4. The zero-order valence-corrected chi connectivity index (χ0v) is 11.4. The third kappa shape index (κ3) is 3.08. The molecule has 1 amide bonds. The van der Waals surface area contributed by atoms with Crippen LogP contribution in [0, 0.1) is 27.2 Å². The normalized spacial score (nSPS) is 10.2. The summed E-state index contributed by atoms with van der Waals surface area (Å²) in [7, 11) is 0. The molecule has 0 aliphatic heterocycles. The van der Waals surface area contributed by atoms with Crippen LogP contribution in [0.2, 0.25) is 0 Å². The van der Waals surface area contributed by atoms with Gasteiger partial charge in [0.25, 0.3) is 17.3 Å². The lowest BCUT2D eigenvalue weighted by Crippen LogP contribution is -2.23. The van der Waals surface area contributed by atoms with Gasteiger partial charge in [0.15, 0.2) is 0 Å². The topological polar surface area (TPSA) is 129 Å². The first kappa shape index (κ1) is 15.2. The Labute approximate surface area is 123 Å². The molecule has 1 heterocycles. The van der Waals surface area contributed by atoms with Gasteiger partial charge in [0, 0.05) is 12.1 Å². The van der Waals surface area contributed by atoms with Crippen molar-refractivity contribution in [3.63, 3.8) is 0 Å². The fraction of sp³-hybridized carbons (Fsp3) is 0.154. The summed E-state index contributed by atoms with van der Waals surface area (Å²) in [6, 6.07) is 5.31. The molecule has 0 saturated heterocycles. The van der Waals surface area contributed by atoms with E-state index in [4.69, 9.17) is 4.42 Å². The molecule has 9 heteroatoms. The second kappa shape index (κ2) is 6.04. The molecule has 0 atom stereocenters. The van der Waals surface area contributed by atoms with E-state index in [1.54, 1.807) is 12.1 Å². The van der Waals surface area contributed by atoms with Gasteiger partial charge in [0.2, 0.25) is 0 Å². The number of nitrogens with one attached hydrogen (secondary N) is 1. The van der Waals surface area contributed by atoms with Crippen LogP contribution in [0.5, 0.6) is 0 Å². The molecular weight excluding hydrogens is 294 g/mol. The van der Waals surface area contributed by atoms with Gasteiger partial charge in [-0.05, 0) is 19.1 Å². The summed E-state index contributed by atoms with van der Waals surface area (Å²) in [5, 5.41) is 24.4. The molecule has 0 bridgehead atoms. The van der Waals surface area contributed by atoms with Crippen molar-refractivity contribution in [3.8, 4) is 0 Å². The highest BCUT2D eigenvalue weighted by atomic mass is 16.6. The lowest BCUT2D eigenvalue weighted by Gasteiger charge is -2.05. The van der Waals surface area contributed by atoms with Crippen LogP contribution in [0.1, 0.15) is 21.7 Å². The molecule has 1 aromatic carbocycles. The Balaban J connectivity index is 2.31. The van der Waals surface area contributed by atoms with E-state index in [1.807, 2.05) is 0 Å². The molecule has 0 fully saturated rings. The van der Waals surface area contributed by atoms with Crippen LogP contribution >= 0.6 is 0 Å². The molecule has 0 aliphatic rings. The van der Waals surface area contributed by atoms with E-state index in [9.17, 15) is 25.0 Å². The lowest BCUT2D eigenvalue weighted by molar-refractivity contribution is -0.395. The van der Waals surface area contributed by atoms with Crippen molar-refractivity contribution in [2.45, 2.75) is 13.5 Å². The van der Waals surface area contributed by atoms with E-state index >= 15 is 0 Å². The van der Waals surface area contributed by atoms with Crippen LogP contribution in [-0.4, -0.2) is 15.8 Å². The largest absolute Gasteiger partial charge is 0.467 e. The van der Waals surface area contributed by atoms with E-state index in [-0.39, 0.29) is 17.7 Å².